The third kappa shape index (κ3) is 2.50. The van der Waals surface area contributed by atoms with Crippen LogP contribution in [0.15, 0.2) is 66.9 Å². The molecule has 130 valence electrons. The second-order valence-electron chi connectivity index (χ2n) is 5.98. The number of hydrogen-bond donors (Lipinski definition) is 1. The maximum atomic E-state index is 13.5. The average molecular weight is 352 g/mol. The summed E-state index contributed by atoms with van der Waals surface area (Å²) in [6.45, 7) is -0.0993. The van der Waals surface area contributed by atoms with Crippen LogP contribution in [-0.4, -0.2) is 17.5 Å². The van der Waals surface area contributed by atoms with Gasteiger partial charge in [-0.1, -0.05) is 24.3 Å². The Morgan fingerprint density at radius 3 is 2.58 bits per heavy atom. The summed E-state index contributed by atoms with van der Waals surface area (Å²) < 4.78 is 32.3. The minimum atomic E-state index is -1.18. The number of aromatic nitrogens is 1. The standard InChI is InChI=1S/C20H14F2N2O2/c21-15-9-8-13(11-16(15)22)26-12-20(18-7-3-4-10-23-18)14-5-1-2-6-17(14)24-19(20)25/h1-11H,12H2,(H,24,25). The molecular weight excluding hydrogens is 338 g/mol. The summed E-state index contributed by atoms with van der Waals surface area (Å²) in [6.07, 6.45) is 1.60. The molecule has 1 unspecified atom stereocenters. The third-order valence-electron chi connectivity index (χ3n) is 4.47. The van der Waals surface area contributed by atoms with Gasteiger partial charge in [-0.2, -0.15) is 0 Å². The molecule has 4 nitrogen and oxygen atoms in total. The molecule has 0 radical (unpaired) electrons. The van der Waals surface area contributed by atoms with E-state index in [1.165, 1.54) is 6.07 Å². The third-order valence-corrected chi connectivity index (χ3v) is 4.47. The van der Waals surface area contributed by atoms with E-state index in [1.54, 1.807) is 30.5 Å². The van der Waals surface area contributed by atoms with Gasteiger partial charge in [0, 0.05) is 23.5 Å². The summed E-state index contributed by atoms with van der Waals surface area (Å²) in [7, 11) is 0. The first-order valence-corrected chi connectivity index (χ1v) is 8.01. The molecule has 1 N–H and O–H groups in total. The first-order chi connectivity index (χ1) is 12.6. The Hall–Kier alpha value is -3.28. The highest BCUT2D eigenvalue weighted by atomic mass is 19.2. The van der Waals surface area contributed by atoms with Crippen LogP contribution in [0.4, 0.5) is 14.5 Å². The SMILES string of the molecule is O=C1Nc2ccccc2C1(COc1ccc(F)c(F)c1)c1ccccn1. The minimum Gasteiger partial charge on any atom is -0.492 e. The van der Waals surface area contributed by atoms with Gasteiger partial charge in [-0.15, -0.1) is 0 Å². The summed E-state index contributed by atoms with van der Waals surface area (Å²) in [6, 6.07) is 15.8. The van der Waals surface area contributed by atoms with Gasteiger partial charge in [-0.3, -0.25) is 9.78 Å². The number of fused-ring (bicyclic) bond motifs is 1. The molecule has 1 aliphatic rings. The monoisotopic (exact) mass is 352 g/mol. The van der Waals surface area contributed by atoms with Crippen molar-refractivity contribution in [1.82, 2.24) is 4.98 Å². The molecule has 3 aromatic rings. The average Bonchev–Trinajstić information content (AvgIpc) is 2.96. The smallest absolute Gasteiger partial charge is 0.244 e. The molecule has 2 heterocycles. The van der Waals surface area contributed by atoms with E-state index in [0.29, 0.717) is 11.4 Å². The molecule has 1 atom stereocenters. The van der Waals surface area contributed by atoms with Crippen LogP contribution in [0.1, 0.15) is 11.3 Å². The predicted octanol–water partition coefficient (Wildman–Crippen LogP) is 3.68. The van der Waals surface area contributed by atoms with Crippen molar-refractivity contribution in [3.63, 3.8) is 0 Å². The quantitative estimate of drug-likeness (QED) is 0.779. The Kier molecular flexibility index (Phi) is 3.88. The Labute approximate surface area is 148 Å². The molecule has 6 heteroatoms. The van der Waals surface area contributed by atoms with E-state index >= 15 is 0 Å². The van der Waals surface area contributed by atoms with Gasteiger partial charge < -0.3 is 10.1 Å². The molecule has 0 saturated heterocycles. The van der Waals surface area contributed by atoms with Crippen molar-refractivity contribution in [3.05, 3.63) is 89.8 Å². The minimum absolute atomic E-state index is 0.0993. The molecule has 0 aliphatic carbocycles. The number of para-hydroxylation sites is 1. The summed E-state index contributed by atoms with van der Waals surface area (Å²) >= 11 is 0. The predicted molar refractivity (Wildman–Crippen MR) is 91.9 cm³/mol. The van der Waals surface area contributed by atoms with Crippen molar-refractivity contribution in [2.45, 2.75) is 5.41 Å². The van der Waals surface area contributed by atoms with Crippen molar-refractivity contribution in [2.24, 2.45) is 0 Å². The number of carbonyl (C=O) groups excluding carboxylic acids is 1. The highest BCUT2D eigenvalue weighted by molar-refractivity contribution is 6.08. The van der Waals surface area contributed by atoms with Crippen LogP contribution in [0.3, 0.4) is 0 Å². The van der Waals surface area contributed by atoms with Crippen LogP contribution in [0.2, 0.25) is 0 Å². The number of ether oxygens (including phenoxy) is 1. The molecule has 0 bridgehead atoms. The Bertz CT molecular complexity index is 979. The van der Waals surface area contributed by atoms with Crippen molar-refractivity contribution in [2.75, 3.05) is 11.9 Å². The zero-order chi connectivity index (χ0) is 18.1. The molecule has 0 fully saturated rings. The number of nitrogens with zero attached hydrogens (tertiary/aromatic N) is 1. The fourth-order valence-corrected chi connectivity index (χ4v) is 3.16. The van der Waals surface area contributed by atoms with Gasteiger partial charge in [0.15, 0.2) is 17.0 Å². The lowest BCUT2D eigenvalue weighted by molar-refractivity contribution is -0.120. The van der Waals surface area contributed by atoms with E-state index in [2.05, 4.69) is 10.3 Å². The first-order valence-electron chi connectivity index (χ1n) is 8.01. The van der Waals surface area contributed by atoms with Gasteiger partial charge in [-0.25, -0.2) is 8.78 Å². The zero-order valence-corrected chi connectivity index (χ0v) is 13.6. The van der Waals surface area contributed by atoms with E-state index in [4.69, 9.17) is 4.74 Å². The number of halogens is 2. The van der Waals surface area contributed by atoms with Gasteiger partial charge in [0.1, 0.15) is 12.4 Å². The molecule has 4 rings (SSSR count). The lowest BCUT2D eigenvalue weighted by Crippen LogP contribution is -2.42. The number of carbonyl (C=O) groups is 1. The van der Waals surface area contributed by atoms with E-state index in [-0.39, 0.29) is 18.3 Å². The largest absolute Gasteiger partial charge is 0.492 e. The highest BCUT2D eigenvalue weighted by Crippen LogP contribution is 2.42. The van der Waals surface area contributed by atoms with Gasteiger partial charge in [0.05, 0.1) is 5.69 Å². The van der Waals surface area contributed by atoms with Gasteiger partial charge in [0.2, 0.25) is 5.91 Å². The maximum Gasteiger partial charge on any atom is 0.244 e. The lowest BCUT2D eigenvalue weighted by atomic mass is 9.79. The maximum absolute atomic E-state index is 13.5. The Morgan fingerprint density at radius 1 is 1.00 bits per heavy atom. The van der Waals surface area contributed by atoms with Crippen molar-refractivity contribution < 1.29 is 18.3 Å². The summed E-state index contributed by atoms with van der Waals surface area (Å²) in [5.74, 6) is -2.11. The highest BCUT2D eigenvalue weighted by Gasteiger charge is 2.50. The number of anilines is 1. The van der Waals surface area contributed by atoms with Crippen molar-refractivity contribution >= 4 is 11.6 Å². The lowest BCUT2D eigenvalue weighted by Gasteiger charge is -2.27. The van der Waals surface area contributed by atoms with Gasteiger partial charge in [-0.05, 0) is 30.3 Å². The van der Waals surface area contributed by atoms with E-state index < -0.39 is 17.0 Å². The normalized spacial score (nSPS) is 18.3. The second kappa shape index (κ2) is 6.22. The molecule has 1 aromatic heterocycles. The molecular formula is C20H14F2N2O2. The topological polar surface area (TPSA) is 51.2 Å². The fraction of sp³-hybridized carbons (Fsp3) is 0.100. The number of benzene rings is 2. The van der Waals surface area contributed by atoms with Crippen LogP contribution < -0.4 is 10.1 Å². The van der Waals surface area contributed by atoms with Crippen molar-refractivity contribution in [3.8, 4) is 5.75 Å². The molecule has 0 spiro atoms. The van der Waals surface area contributed by atoms with E-state index in [0.717, 1.165) is 17.7 Å². The molecule has 26 heavy (non-hydrogen) atoms. The summed E-state index contributed by atoms with van der Waals surface area (Å²) in [5, 5.41) is 2.85. The molecule has 1 aliphatic heterocycles. The second-order valence-corrected chi connectivity index (χ2v) is 5.98. The van der Waals surface area contributed by atoms with Crippen LogP contribution in [-0.2, 0) is 10.2 Å². The number of rotatable bonds is 4. The van der Waals surface area contributed by atoms with Crippen molar-refractivity contribution in [1.29, 1.82) is 0 Å². The molecule has 1 amide bonds. The van der Waals surface area contributed by atoms with Gasteiger partial charge in [0.25, 0.3) is 0 Å². The number of pyridine rings is 1. The zero-order valence-electron chi connectivity index (χ0n) is 13.6. The van der Waals surface area contributed by atoms with Crippen LogP contribution in [0.5, 0.6) is 5.75 Å². The fourth-order valence-electron chi connectivity index (χ4n) is 3.16. The number of amides is 1. The van der Waals surface area contributed by atoms with Crippen LogP contribution in [0.25, 0.3) is 0 Å². The van der Waals surface area contributed by atoms with E-state index in [1.807, 2.05) is 18.2 Å². The number of hydrogen-bond acceptors (Lipinski definition) is 3. The first kappa shape index (κ1) is 16.2. The Morgan fingerprint density at radius 2 is 1.81 bits per heavy atom. The molecule has 0 saturated carbocycles. The van der Waals surface area contributed by atoms with Crippen LogP contribution in [0, 0.1) is 11.6 Å². The summed E-state index contributed by atoms with van der Waals surface area (Å²) in [4.78, 5) is 17.3. The van der Waals surface area contributed by atoms with Crippen LogP contribution >= 0.6 is 0 Å². The van der Waals surface area contributed by atoms with E-state index in [9.17, 15) is 13.6 Å². The summed E-state index contributed by atoms with van der Waals surface area (Å²) in [5.41, 5.74) is 0.747. The molecule has 2 aromatic carbocycles. The Balaban J connectivity index is 1.78. The van der Waals surface area contributed by atoms with Gasteiger partial charge >= 0.3 is 0 Å². The number of nitrogens with one attached hydrogen (secondary N) is 1.